The van der Waals surface area contributed by atoms with Crippen molar-refractivity contribution in [2.45, 2.75) is 44.6 Å². The number of hydrogen-bond donors (Lipinski definition) is 1. The maximum absolute atomic E-state index is 10.9. The second kappa shape index (κ2) is 7.14. The molecule has 1 N–H and O–H groups in total. The number of rotatable bonds is 5. The molecule has 0 aliphatic heterocycles. The first-order valence-electron chi connectivity index (χ1n) is 7.02. The van der Waals surface area contributed by atoms with Crippen LogP contribution in [-0.2, 0) is 4.74 Å². The van der Waals surface area contributed by atoms with Crippen LogP contribution in [0.2, 0.25) is 0 Å². The molecule has 1 fully saturated rings. The fraction of sp³-hybridized carbons (Fsp3) is 0.500. The van der Waals surface area contributed by atoms with Crippen LogP contribution in [0, 0.1) is 0 Å². The fourth-order valence-corrected chi connectivity index (χ4v) is 4.60. The zero-order valence-corrected chi connectivity index (χ0v) is 13.2. The van der Waals surface area contributed by atoms with Crippen molar-refractivity contribution in [2.75, 3.05) is 6.61 Å². The van der Waals surface area contributed by atoms with Gasteiger partial charge >= 0.3 is 122 Å². The number of hydrogen-bond acceptors (Lipinski definition) is 2. The number of aliphatic hydroxyl groups is 1. The molecule has 1 saturated carbocycles. The van der Waals surface area contributed by atoms with E-state index in [1.807, 2.05) is 19.3 Å². The van der Waals surface area contributed by atoms with Crippen LogP contribution in [0.4, 0.5) is 0 Å². The van der Waals surface area contributed by atoms with Gasteiger partial charge in [-0.25, -0.2) is 0 Å². The zero-order chi connectivity index (χ0) is 13.6. The summed E-state index contributed by atoms with van der Waals surface area (Å²) in [5.74, 6) is 0. The van der Waals surface area contributed by atoms with Gasteiger partial charge in [-0.3, -0.25) is 0 Å². The van der Waals surface area contributed by atoms with Crippen molar-refractivity contribution in [3.63, 3.8) is 0 Å². The van der Waals surface area contributed by atoms with Gasteiger partial charge in [0.1, 0.15) is 0 Å². The van der Waals surface area contributed by atoms with E-state index in [-0.39, 0.29) is 15.0 Å². The van der Waals surface area contributed by atoms with Crippen LogP contribution in [0.5, 0.6) is 0 Å². The standard InChI is InChI=1S/C16H22O2Se/c1-2-18-13-15(16(17)11-7-4-8-12-16)19-14-9-5-3-6-10-14/h3,5-6,9-10,13,17H,2,4,7-8,11-12H2,1H3/b15-13-. The molecule has 1 aromatic rings. The van der Waals surface area contributed by atoms with Crippen molar-refractivity contribution in [1.82, 2.24) is 0 Å². The molecule has 0 atom stereocenters. The second-order valence-corrected chi connectivity index (χ2v) is 7.28. The van der Waals surface area contributed by atoms with Crippen molar-refractivity contribution in [1.29, 1.82) is 0 Å². The molecule has 19 heavy (non-hydrogen) atoms. The Morgan fingerprint density at radius 3 is 2.58 bits per heavy atom. The Kier molecular flexibility index (Phi) is 5.50. The Labute approximate surface area is 122 Å². The van der Waals surface area contributed by atoms with E-state index in [0.717, 1.165) is 30.2 Å². The van der Waals surface area contributed by atoms with E-state index in [9.17, 15) is 5.11 Å². The third-order valence-corrected chi connectivity index (χ3v) is 5.99. The summed E-state index contributed by atoms with van der Waals surface area (Å²) in [6.45, 7) is 2.64. The summed E-state index contributed by atoms with van der Waals surface area (Å²) in [5.41, 5.74) is -0.636. The van der Waals surface area contributed by atoms with Crippen molar-refractivity contribution in [3.05, 3.63) is 41.1 Å². The van der Waals surface area contributed by atoms with Crippen LogP contribution in [0.1, 0.15) is 39.0 Å². The van der Waals surface area contributed by atoms with E-state index in [1.54, 1.807) is 0 Å². The Hall–Kier alpha value is -0.761. The topological polar surface area (TPSA) is 29.5 Å². The molecule has 0 bridgehead atoms. The molecular formula is C16H22O2Se. The average Bonchev–Trinajstić information content (AvgIpc) is 2.45. The Morgan fingerprint density at radius 2 is 1.95 bits per heavy atom. The van der Waals surface area contributed by atoms with Gasteiger partial charge in [0.15, 0.2) is 0 Å². The van der Waals surface area contributed by atoms with E-state index >= 15 is 0 Å². The van der Waals surface area contributed by atoms with Gasteiger partial charge in [0.2, 0.25) is 0 Å². The molecule has 1 aromatic carbocycles. The van der Waals surface area contributed by atoms with Gasteiger partial charge in [0, 0.05) is 0 Å². The minimum atomic E-state index is -0.636. The summed E-state index contributed by atoms with van der Waals surface area (Å²) in [5, 5.41) is 10.9. The van der Waals surface area contributed by atoms with Gasteiger partial charge < -0.3 is 0 Å². The summed E-state index contributed by atoms with van der Waals surface area (Å²) in [4.78, 5) is 0. The molecule has 3 heteroatoms. The molecule has 0 saturated heterocycles. The third kappa shape index (κ3) is 4.10. The van der Waals surface area contributed by atoms with Crippen LogP contribution in [-0.4, -0.2) is 32.3 Å². The van der Waals surface area contributed by atoms with Gasteiger partial charge in [0.05, 0.1) is 0 Å². The van der Waals surface area contributed by atoms with Crippen LogP contribution < -0.4 is 4.46 Å². The van der Waals surface area contributed by atoms with Gasteiger partial charge in [-0.05, 0) is 0 Å². The minimum absolute atomic E-state index is 0.141. The molecule has 2 rings (SSSR count). The molecule has 0 radical (unpaired) electrons. The predicted octanol–water partition coefficient (Wildman–Crippen LogP) is 2.59. The first kappa shape index (κ1) is 14.6. The number of benzene rings is 1. The van der Waals surface area contributed by atoms with Gasteiger partial charge in [-0.2, -0.15) is 0 Å². The van der Waals surface area contributed by atoms with Crippen LogP contribution in [0.25, 0.3) is 0 Å². The zero-order valence-electron chi connectivity index (χ0n) is 11.5. The first-order chi connectivity index (χ1) is 9.24. The van der Waals surface area contributed by atoms with E-state index < -0.39 is 5.60 Å². The van der Waals surface area contributed by atoms with Gasteiger partial charge in [-0.1, -0.05) is 0 Å². The van der Waals surface area contributed by atoms with Gasteiger partial charge in [0.25, 0.3) is 0 Å². The molecule has 1 aliphatic carbocycles. The second-order valence-electron chi connectivity index (χ2n) is 4.94. The Bertz CT molecular complexity index is 408. The molecule has 0 unspecified atom stereocenters. The molecule has 104 valence electrons. The normalized spacial score (nSPS) is 19.2. The molecule has 0 spiro atoms. The third-order valence-electron chi connectivity index (χ3n) is 3.47. The first-order valence-corrected chi connectivity index (χ1v) is 8.73. The summed E-state index contributed by atoms with van der Waals surface area (Å²) in [6, 6.07) is 10.4. The Morgan fingerprint density at radius 1 is 1.26 bits per heavy atom. The van der Waals surface area contributed by atoms with E-state index in [2.05, 4.69) is 24.3 Å². The predicted molar refractivity (Wildman–Crippen MR) is 79.6 cm³/mol. The SMILES string of the molecule is CCO/C=C(\[Se]c1ccccc1)C1(O)CCCCC1. The fourth-order valence-electron chi connectivity index (χ4n) is 2.39. The van der Waals surface area contributed by atoms with Crippen LogP contribution in [0.15, 0.2) is 41.1 Å². The monoisotopic (exact) mass is 326 g/mol. The van der Waals surface area contributed by atoms with Crippen LogP contribution >= 0.6 is 0 Å². The van der Waals surface area contributed by atoms with Crippen LogP contribution in [0.3, 0.4) is 0 Å². The summed E-state index contributed by atoms with van der Waals surface area (Å²) in [7, 11) is 0. The quantitative estimate of drug-likeness (QED) is 0.666. The average molecular weight is 325 g/mol. The van der Waals surface area contributed by atoms with Crippen molar-refractivity contribution < 1.29 is 9.84 Å². The van der Waals surface area contributed by atoms with Crippen molar-refractivity contribution >= 4 is 19.4 Å². The van der Waals surface area contributed by atoms with E-state index in [1.165, 1.54) is 10.9 Å². The summed E-state index contributed by atoms with van der Waals surface area (Å²) < 4.78 is 7.86. The summed E-state index contributed by atoms with van der Waals surface area (Å²) >= 11 is 0.141. The molecule has 0 heterocycles. The molecule has 2 nitrogen and oxygen atoms in total. The maximum atomic E-state index is 10.9. The summed E-state index contributed by atoms with van der Waals surface area (Å²) in [6.07, 6.45) is 7.04. The molecule has 1 aliphatic rings. The molecule has 0 amide bonds. The number of ether oxygens (including phenoxy) is 1. The van der Waals surface area contributed by atoms with E-state index in [0.29, 0.717) is 6.61 Å². The van der Waals surface area contributed by atoms with Crippen molar-refractivity contribution in [3.8, 4) is 0 Å². The van der Waals surface area contributed by atoms with Crippen molar-refractivity contribution in [2.24, 2.45) is 0 Å². The van der Waals surface area contributed by atoms with Gasteiger partial charge in [-0.15, -0.1) is 0 Å². The molecule has 0 aromatic heterocycles. The molecular weight excluding hydrogens is 303 g/mol. The Balaban J connectivity index is 2.16. The van der Waals surface area contributed by atoms with E-state index in [4.69, 9.17) is 4.74 Å².